The van der Waals surface area contributed by atoms with Crippen LogP contribution < -0.4 is 0 Å². The van der Waals surface area contributed by atoms with Crippen LogP contribution in [0.5, 0.6) is 0 Å². The zero-order chi connectivity index (χ0) is 13.9. The fourth-order valence-electron chi connectivity index (χ4n) is 2.66. The molecule has 0 aromatic rings. The first-order valence-corrected chi connectivity index (χ1v) is 8.19. The molecule has 6 heteroatoms. The third-order valence-electron chi connectivity index (χ3n) is 3.60. The molecule has 0 saturated heterocycles. The van der Waals surface area contributed by atoms with E-state index in [2.05, 4.69) is 20.8 Å². The Labute approximate surface area is 108 Å². The molecule has 2 N–H and O–H groups in total. The van der Waals surface area contributed by atoms with Crippen molar-refractivity contribution >= 4 is 13.6 Å². The third-order valence-corrected chi connectivity index (χ3v) is 4.87. The molecule has 18 heavy (non-hydrogen) atoms. The Morgan fingerprint density at radius 2 is 2.06 bits per heavy atom. The van der Waals surface area contributed by atoms with Gasteiger partial charge in [0.05, 0.1) is 6.10 Å². The van der Waals surface area contributed by atoms with E-state index in [4.69, 9.17) is 9.63 Å². The number of carboxylic acid groups (broad SMARTS) is 1. The molecule has 0 heterocycles. The molecule has 1 rings (SSSR count). The van der Waals surface area contributed by atoms with Crippen molar-refractivity contribution in [2.75, 3.05) is 6.16 Å². The molecule has 5 nitrogen and oxygen atoms in total. The maximum absolute atomic E-state index is 11.7. The quantitative estimate of drug-likeness (QED) is 0.755. The van der Waals surface area contributed by atoms with E-state index in [0.29, 0.717) is 11.8 Å². The first-order valence-electron chi connectivity index (χ1n) is 6.43. The van der Waals surface area contributed by atoms with Crippen molar-refractivity contribution in [1.82, 2.24) is 0 Å². The van der Waals surface area contributed by atoms with Gasteiger partial charge in [-0.3, -0.25) is 9.36 Å². The average molecular weight is 278 g/mol. The smallest absolute Gasteiger partial charge is 0.339 e. The molecule has 0 aromatic carbocycles. The molecule has 0 amide bonds. The fourth-order valence-corrected chi connectivity index (χ4v) is 3.74. The van der Waals surface area contributed by atoms with Gasteiger partial charge in [-0.2, -0.15) is 0 Å². The zero-order valence-electron chi connectivity index (χ0n) is 11.2. The second kappa shape index (κ2) is 6.18. The maximum Gasteiger partial charge on any atom is 0.339 e. The standard InChI is InChI=1S/C12H23O5P/c1-8(2)10-5-4-9(3)6-11(10)17-18(15,16)7-12(13)14/h8-11H,4-7H2,1-3H3,(H,13,14)(H,15,16). The van der Waals surface area contributed by atoms with Gasteiger partial charge in [0.15, 0.2) is 0 Å². The van der Waals surface area contributed by atoms with Crippen molar-refractivity contribution in [2.45, 2.75) is 46.1 Å². The van der Waals surface area contributed by atoms with Crippen molar-refractivity contribution in [1.29, 1.82) is 0 Å². The predicted molar refractivity (Wildman–Crippen MR) is 68.5 cm³/mol. The fraction of sp³-hybridized carbons (Fsp3) is 0.917. The van der Waals surface area contributed by atoms with Gasteiger partial charge in [-0.05, 0) is 30.6 Å². The first-order chi connectivity index (χ1) is 8.21. The molecule has 1 saturated carbocycles. The Balaban J connectivity index is 2.71. The average Bonchev–Trinajstić information content (AvgIpc) is 2.13. The van der Waals surface area contributed by atoms with E-state index < -0.39 is 19.7 Å². The van der Waals surface area contributed by atoms with Crippen LogP contribution in [-0.2, 0) is 13.9 Å². The van der Waals surface area contributed by atoms with Crippen molar-refractivity contribution in [3.8, 4) is 0 Å². The van der Waals surface area contributed by atoms with E-state index in [1.165, 1.54) is 0 Å². The highest BCUT2D eigenvalue weighted by Crippen LogP contribution is 2.48. The Kier molecular flexibility index (Phi) is 5.38. The van der Waals surface area contributed by atoms with Gasteiger partial charge in [-0.15, -0.1) is 0 Å². The lowest BCUT2D eigenvalue weighted by molar-refractivity contribution is -0.134. The number of hydrogen-bond acceptors (Lipinski definition) is 3. The monoisotopic (exact) mass is 278 g/mol. The summed E-state index contributed by atoms with van der Waals surface area (Å²) in [7, 11) is -4.02. The Morgan fingerprint density at radius 3 is 2.56 bits per heavy atom. The molecule has 0 aromatic heterocycles. The zero-order valence-corrected chi connectivity index (χ0v) is 12.1. The van der Waals surface area contributed by atoms with Crippen LogP contribution in [0.3, 0.4) is 0 Å². The summed E-state index contributed by atoms with van der Waals surface area (Å²) in [6.07, 6.45) is 1.67. The molecule has 1 aliphatic carbocycles. The molecule has 4 atom stereocenters. The van der Waals surface area contributed by atoms with Crippen molar-refractivity contribution < 1.29 is 23.9 Å². The molecule has 0 aliphatic heterocycles. The van der Waals surface area contributed by atoms with Crippen LogP contribution in [0.4, 0.5) is 0 Å². The van der Waals surface area contributed by atoms with Crippen molar-refractivity contribution in [3.05, 3.63) is 0 Å². The molecule has 0 bridgehead atoms. The number of carboxylic acids is 1. The molecule has 0 spiro atoms. The van der Waals surface area contributed by atoms with E-state index >= 15 is 0 Å². The van der Waals surface area contributed by atoms with E-state index in [9.17, 15) is 14.3 Å². The second-order valence-electron chi connectivity index (χ2n) is 5.66. The Bertz CT molecular complexity index is 341. The van der Waals surface area contributed by atoms with Crippen LogP contribution in [0, 0.1) is 17.8 Å². The summed E-state index contributed by atoms with van der Waals surface area (Å²) >= 11 is 0. The van der Waals surface area contributed by atoms with Gasteiger partial charge < -0.3 is 14.5 Å². The molecule has 106 valence electrons. The summed E-state index contributed by atoms with van der Waals surface area (Å²) in [5, 5.41) is 8.59. The van der Waals surface area contributed by atoms with Crippen LogP contribution in [0.1, 0.15) is 40.0 Å². The molecule has 1 fully saturated rings. The summed E-state index contributed by atoms with van der Waals surface area (Å²) in [5.74, 6) is -0.247. The normalized spacial score (nSPS) is 32.2. The summed E-state index contributed by atoms with van der Waals surface area (Å²) in [5.41, 5.74) is 0. The van der Waals surface area contributed by atoms with E-state index in [1.54, 1.807) is 0 Å². The number of carbonyl (C=O) groups is 1. The van der Waals surface area contributed by atoms with Crippen molar-refractivity contribution in [2.24, 2.45) is 17.8 Å². The number of rotatable bonds is 5. The summed E-state index contributed by atoms with van der Waals surface area (Å²) in [4.78, 5) is 20.1. The van der Waals surface area contributed by atoms with Crippen LogP contribution in [0.2, 0.25) is 0 Å². The molecular formula is C12H23O5P. The first kappa shape index (κ1) is 15.7. The predicted octanol–water partition coefficient (Wildman–Crippen LogP) is 2.73. The largest absolute Gasteiger partial charge is 0.481 e. The van der Waals surface area contributed by atoms with E-state index in [0.717, 1.165) is 19.3 Å². The van der Waals surface area contributed by atoms with Crippen LogP contribution in [0.15, 0.2) is 0 Å². The lowest BCUT2D eigenvalue weighted by Gasteiger charge is -2.37. The summed E-state index contributed by atoms with van der Waals surface area (Å²) < 4.78 is 17.0. The highest BCUT2D eigenvalue weighted by atomic mass is 31.2. The summed E-state index contributed by atoms with van der Waals surface area (Å²) in [6, 6.07) is 0. The number of aliphatic carboxylic acids is 1. The van der Waals surface area contributed by atoms with E-state index in [1.807, 2.05) is 0 Å². The lowest BCUT2D eigenvalue weighted by Crippen LogP contribution is -2.34. The van der Waals surface area contributed by atoms with Gasteiger partial charge in [-0.25, -0.2) is 0 Å². The molecule has 1 aliphatic rings. The van der Waals surface area contributed by atoms with Gasteiger partial charge in [0.25, 0.3) is 0 Å². The highest BCUT2D eigenvalue weighted by Gasteiger charge is 2.37. The minimum Gasteiger partial charge on any atom is -0.481 e. The lowest BCUT2D eigenvalue weighted by atomic mass is 9.75. The summed E-state index contributed by atoms with van der Waals surface area (Å²) in [6.45, 7) is 6.22. The SMILES string of the molecule is CC1CCC(C(C)C)C(OP(=O)(O)CC(=O)O)C1. The third kappa shape index (κ3) is 4.71. The molecular weight excluding hydrogens is 255 g/mol. The van der Waals surface area contributed by atoms with E-state index in [-0.39, 0.29) is 12.0 Å². The minimum atomic E-state index is -4.02. The maximum atomic E-state index is 11.7. The van der Waals surface area contributed by atoms with Gasteiger partial charge >= 0.3 is 13.6 Å². The van der Waals surface area contributed by atoms with Crippen LogP contribution in [-0.4, -0.2) is 28.2 Å². The number of hydrogen-bond donors (Lipinski definition) is 2. The second-order valence-corrected chi connectivity index (χ2v) is 7.46. The Morgan fingerprint density at radius 1 is 1.44 bits per heavy atom. The van der Waals surface area contributed by atoms with Gasteiger partial charge in [-0.1, -0.05) is 27.2 Å². The van der Waals surface area contributed by atoms with Gasteiger partial charge in [0.1, 0.15) is 6.16 Å². The van der Waals surface area contributed by atoms with Crippen LogP contribution >= 0.6 is 7.60 Å². The van der Waals surface area contributed by atoms with Gasteiger partial charge in [0, 0.05) is 0 Å². The van der Waals surface area contributed by atoms with Crippen LogP contribution in [0.25, 0.3) is 0 Å². The molecule has 0 radical (unpaired) electrons. The molecule has 4 unspecified atom stereocenters. The van der Waals surface area contributed by atoms with Gasteiger partial charge in [0.2, 0.25) is 0 Å². The minimum absolute atomic E-state index is 0.232. The highest BCUT2D eigenvalue weighted by molar-refractivity contribution is 7.53. The van der Waals surface area contributed by atoms with Crippen molar-refractivity contribution in [3.63, 3.8) is 0 Å². The topological polar surface area (TPSA) is 83.8 Å². The Hall–Kier alpha value is -0.380.